The van der Waals surface area contributed by atoms with E-state index in [1.807, 2.05) is 30.3 Å². The van der Waals surface area contributed by atoms with Crippen molar-refractivity contribution in [1.29, 1.82) is 0 Å². The second-order valence-corrected chi connectivity index (χ2v) is 8.39. The van der Waals surface area contributed by atoms with Crippen molar-refractivity contribution in [2.24, 2.45) is 0 Å². The van der Waals surface area contributed by atoms with Gasteiger partial charge in [0, 0.05) is 0 Å². The largest absolute Gasteiger partial charge is 0.457 e. The summed E-state index contributed by atoms with van der Waals surface area (Å²) in [7, 11) is 0. The van der Waals surface area contributed by atoms with Gasteiger partial charge in [0.15, 0.2) is 0 Å². The van der Waals surface area contributed by atoms with Crippen LogP contribution in [0.2, 0.25) is 5.02 Å². The molecule has 1 saturated heterocycles. The van der Waals surface area contributed by atoms with Crippen LogP contribution >= 0.6 is 35.6 Å². The van der Waals surface area contributed by atoms with Crippen molar-refractivity contribution < 1.29 is 18.7 Å². The van der Waals surface area contributed by atoms with Crippen molar-refractivity contribution >= 4 is 57.9 Å². The summed E-state index contributed by atoms with van der Waals surface area (Å²) < 4.78 is 10.8. The fourth-order valence-electron chi connectivity index (χ4n) is 2.79. The van der Waals surface area contributed by atoms with Crippen LogP contribution in [-0.4, -0.2) is 21.1 Å². The summed E-state index contributed by atoms with van der Waals surface area (Å²) in [5.41, 5.74) is 1.69. The van der Waals surface area contributed by atoms with Crippen LogP contribution in [-0.2, 0) is 11.3 Å². The average Bonchev–Trinajstić information content (AvgIpc) is 3.36. The maximum atomic E-state index is 12.8. The highest BCUT2D eigenvalue weighted by molar-refractivity contribution is 8.26. The first-order chi connectivity index (χ1) is 14.5. The smallest absolute Gasteiger partial charge is 0.379 e. The lowest BCUT2D eigenvalue weighted by molar-refractivity contribution is -0.122. The van der Waals surface area contributed by atoms with Gasteiger partial charge in [-0.3, -0.25) is 9.69 Å². The summed E-state index contributed by atoms with van der Waals surface area (Å²) in [4.78, 5) is 26.9. The second kappa shape index (κ2) is 8.87. The molecule has 1 amide bonds. The Morgan fingerprint density at radius 2 is 1.97 bits per heavy atom. The molecule has 2 aromatic carbocycles. The fraction of sp³-hybridized carbons (Fsp3) is 0.0455. The van der Waals surface area contributed by atoms with Crippen molar-refractivity contribution in [3.8, 4) is 5.75 Å². The molecule has 0 aliphatic carbocycles. The number of rotatable bonds is 5. The quantitative estimate of drug-likeness (QED) is 0.217. The number of hydrogen-bond donors (Lipinski definition) is 0. The van der Waals surface area contributed by atoms with Gasteiger partial charge >= 0.3 is 5.97 Å². The molecule has 3 aromatic rings. The van der Waals surface area contributed by atoms with Crippen molar-refractivity contribution in [2.75, 3.05) is 0 Å². The molecule has 1 fully saturated rings. The molecule has 0 atom stereocenters. The molecule has 0 unspecified atom stereocenters. The zero-order valence-corrected chi connectivity index (χ0v) is 17.8. The molecule has 0 bridgehead atoms. The van der Waals surface area contributed by atoms with Crippen molar-refractivity contribution in [2.45, 2.75) is 6.54 Å². The van der Waals surface area contributed by atoms with Gasteiger partial charge in [-0.15, -0.1) is 0 Å². The minimum absolute atomic E-state index is 0.0808. The van der Waals surface area contributed by atoms with E-state index in [4.69, 9.17) is 33.0 Å². The van der Waals surface area contributed by atoms with Crippen LogP contribution in [0, 0.1) is 0 Å². The van der Waals surface area contributed by atoms with Gasteiger partial charge in [0.1, 0.15) is 10.1 Å². The van der Waals surface area contributed by atoms with Crippen molar-refractivity contribution in [1.82, 2.24) is 4.90 Å². The lowest BCUT2D eigenvalue weighted by atomic mass is 10.2. The number of esters is 1. The Balaban J connectivity index is 1.49. The number of amides is 1. The summed E-state index contributed by atoms with van der Waals surface area (Å²) in [6.07, 6.45) is 3.10. The van der Waals surface area contributed by atoms with Gasteiger partial charge < -0.3 is 9.15 Å². The number of ether oxygens (including phenoxy) is 1. The maximum absolute atomic E-state index is 12.8. The van der Waals surface area contributed by atoms with E-state index in [0.29, 0.717) is 21.3 Å². The monoisotopic (exact) mass is 455 g/mol. The number of furan rings is 1. The van der Waals surface area contributed by atoms with Gasteiger partial charge in [-0.05, 0) is 41.5 Å². The minimum Gasteiger partial charge on any atom is -0.457 e. The molecule has 0 N–H and O–H groups in total. The standard InChI is InChI=1S/C22H14ClNO4S2/c23-16-11-15(8-9-17(16)28-21(26)18-7-4-10-27-18)12-19-20(25)24(22(29)30-19)13-14-5-2-1-3-6-14/h1-12H,13H2. The fourth-order valence-corrected chi connectivity index (χ4v) is 4.27. The van der Waals surface area contributed by atoms with Crippen molar-refractivity contribution in [3.63, 3.8) is 0 Å². The molecule has 150 valence electrons. The van der Waals surface area contributed by atoms with E-state index in [2.05, 4.69) is 0 Å². The first-order valence-electron chi connectivity index (χ1n) is 8.86. The second-order valence-electron chi connectivity index (χ2n) is 6.31. The maximum Gasteiger partial charge on any atom is 0.379 e. The normalized spacial score (nSPS) is 15.1. The number of nitrogens with zero attached hydrogens (tertiary/aromatic N) is 1. The first-order valence-corrected chi connectivity index (χ1v) is 10.5. The van der Waals surface area contributed by atoms with Crippen LogP contribution in [0.25, 0.3) is 6.08 Å². The van der Waals surface area contributed by atoms with Gasteiger partial charge in [-0.2, -0.15) is 0 Å². The highest BCUT2D eigenvalue weighted by Crippen LogP contribution is 2.35. The number of halogens is 1. The Bertz CT molecular complexity index is 1140. The predicted molar refractivity (Wildman–Crippen MR) is 120 cm³/mol. The molecular weight excluding hydrogens is 442 g/mol. The molecule has 4 rings (SSSR count). The van der Waals surface area contributed by atoms with Crippen LogP contribution < -0.4 is 4.74 Å². The molecule has 0 saturated carbocycles. The third kappa shape index (κ3) is 4.48. The molecule has 30 heavy (non-hydrogen) atoms. The van der Waals surface area contributed by atoms with Crippen LogP contribution in [0.15, 0.2) is 76.2 Å². The number of carbonyl (C=O) groups is 2. The van der Waals surface area contributed by atoms with Gasteiger partial charge in [0.25, 0.3) is 5.91 Å². The summed E-state index contributed by atoms with van der Waals surface area (Å²) in [5, 5.41) is 0.239. The van der Waals surface area contributed by atoms with E-state index in [9.17, 15) is 9.59 Å². The Hall–Kier alpha value is -2.87. The summed E-state index contributed by atoms with van der Waals surface area (Å²) >= 11 is 12.9. The molecule has 8 heteroatoms. The number of thiocarbonyl (C=S) groups is 1. The molecule has 0 radical (unpaired) electrons. The molecule has 1 aliphatic heterocycles. The van der Waals surface area contributed by atoms with Gasteiger partial charge in [0.05, 0.1) is 22.7 Å². The van der Waals surface area contributed by atoms with Crippen LogP contribution in [0.5, 0.6) is 5.75 Å². The number of hydrogen-bond acceptors (Lipinski definition) is 6. The lowest BCUT2D eigenvalue weighted by Crippen LogP contribution is -2.27. The zero-order chi connectivity index (χ0) is 21.1. The van der Waals surface area contributed by atoms with E-state index in [1.165, 1.54) is 24.1 Å². The van der Waals surface area contributed by atoms with E-state index in [0.717, 1.165) is 5.56 Å². The topological polar surface area (TPSA) is 59.8 Å². The summed E-state index contributed by atoms with van der Waals surface area (Å²) in [6.45, 7) is 0.422. The van der Waals surface area contributed by atoms with Crippen LogP contribution in [0.3, 0.4) is 0 Å². The SMILES string of the molecule is O=C(Oc1ccc(C=C2SC(=S)N(Cc3ccccc3)C2=O)cc1Cl)c1ccco1. The first kappa shape index (κ1) is 20.4. The highest BCUT2D eigenvalue weighted by Gasteiger charge is 2.32. The number of benzene rings is 2. The summed E-state index contributed by atoms with van der Waals surface area (Å²) in [5.74, 6) is -0.515. The van der Waals surface area contributed by atoms with E-state index in [-0.39, 0.29) is 22.4 Å². The molecule has 1 aromatic heterocycles. The Kier molecular flexibility index (Phi) is 6.03. The van der Waals surface area contributed by atoms with Crippen LogP contribution in [0.1, 0.15) is 21.7 Å². The van der Waals surface area contributed by atoms with E-state index >= 15 is 0 Å². The third-order valence-electron chi connectivity index (χ3n) is 4.24. The van der Waals surface area contributed by atoms with E-state index in [1.54, 1.807) is 35.2 Å². The minimum atomic E-state index is -0.642. The third-order valence-corrected chi connectivity index (χ3v) is 5.91. The summed E-state index contributed by atoms with van der Waals surface area (Å²) in [6, 6.07) is 17.7. The van der Waals surface area contributed by atoms with Gasteiger partial charge in [-0.1, -0.05) is 72.0 Å². The molecule has 0 spiro atoms. The predicted octanol–water partition coefficient (Wildman–Crippen LogP) is 5.55. The molecule has 1 aliphatic rings. The number of thioether (sulfide) groups is 1. The number of carbonyl (C=O) groups excluding carboxylic acids is 2. The van der Waals surface area contributed by atoms with Gasteiger partial charge in [0.2, 0.25) is 5.76 Å². The van der Waals surface area contributed by atoms with Crippen LogP contribution in [0.4, 0.5) is 0 Å². The average molecular weight is 456 g/mol. The Morgan fingerprint density at radius 3 is 2.67 bits per heavy atom. The Labute approximate surface area is 187 Å². The highest BCUT2D eigenvalue weighted by atomic mass is 35.5. The van der Waals surface area contributed by atoms with Gasteiger partial charge in [-0.25, -0.2) is 4.79 Å². The Morgan fingerprint density at radius 1 is 1.17 bits per heavy atom. The molecule has 2 heterocycles. The zero-order valence-electron chi connectivity index (χ0n) is 15.4. The van der Waals surface area contributed by atoms with E-state index < -0.39 is 5.97 Å². The lowest BCUT2D eigenvalue weighted by Gasteiger charge is -2.14. The van der Waals surface area contributed by atoms with Crippen molar-refractivity contribution in [3.05, 3.63) is 93.7 Å². The molecule has 5 nitrogen and oxygen atoms in total. The molecular formula is C22H14ClNO4S2.